The number of amides is 1. The van der Waals surface area contributed by atoms with E-state index in [4.69, 9.17) is 28.3 Å². The molecule has 0 fully saturated rings. The number of carboxylic acid groups (broad SMARTS) is 1. The Hall–Kier alpha value is -1.07. The van der Waals surface area contributed by atoms with Crippen molar-refractivity contribution in [3.63, 3.8) is 0 Å². The molecule has 17 heavy (non-hydrogen) atoms. The van der Waals surface area contributed by atoms with Crippen LogP contribution in [0.1, 0.15) is 26.3 Å². The van der Waals surface area contributed by atoms with Crippen LogP contribution in [-0.4, -0.2) is 31.8 Å². The fourth-order valence-electron chi connectivity index (χ4n) is 1.26. The van der Waals surface area contributed by atoms with E-state index in [-0.39, 0.29) is 16.9 Å². The van der Waals surface area contributed by atoms with Crippen molar-refractivity contribution < 1.29 is 9.90 Å². The van der Waals surface area contributed by atoms with Crippen LogP contribution >= 0.6 is 23.2 Å². The van der Waals surface area contributed by atoms with Gasteiger partial charge in [0.05, 0.1) is 6.54 Å². The SMILES string of the molecule is CC(C)(C)N(Cc1cc(Cl)nnc1Cl)C(=O)O. The third kappa shape index (κ3) is 3.71. The molecule has 1 rings (SSSR count). The third-order valence-electron chi connectivity index (χ3n) is 2.16. The topological polar surface area (TPSA) is 66.3 Å². The van der Waals surface area contributed by atoms with Crippen LogP contribution in [0.3, 0.4) is 0 Å². The first-order valence-corrected chi connectivity index (χ1v) is 5.65. The zero-order valence-electron chi connectivity index (χ0n) is 9.74. The summed E-state index contributed by atoms with van der Waals surface area (Å²) in [4.78, 5) is 12.4. The summed E-state index contributed by atoms with van der Waals surface area (Å²) in [6.07, 6.45) is -1.03. The Morgan fingerprint density at radius 3 is 2.47 bits per heavy atom. The Bertz CT molecular complexity index is 432. The van der Waals surface area contributed by atoms with Crippen molar-refractivity contribution in [2.75, 3.05) is 0 Å². The van der Waals surface area contributed by atoms with E-state index in [2.05, 4.69) is 10.2 Å². The number of hydrogen-bond acceptors (Lipinski definition) is 3. The molecule has 0 radical (unpaired) electrons. The van der Waals surface area contributed by atoms with Gasteiger partial charge in [-0.05, 0) is 26.8 Å². The molecule has 5 nitrogen and oxygen atoms in total. The van der Waals surface area contributed by atoms with Crippen LogP contribution in [-0.2, 0) is 6.54 Å². The molecule has 1 aromatic rings. The maximum absolute atomic E-state index is 11.2. The van der Waals surface area contributed by atoms with E-state index in [0.717, 1.165) is 0 Å². The molecule has 0 saturated carbocycles. The maximum atomic E-state index is 11.2. The second-order valence-corrected chi connectivity index (χ2v) is 5.27. The molecule has 94 valence electrons. The number of aromatic nitrogens is 2. The molecule has 0 aliphatic rings. The van der Waals surface area contributed by atoms with E-state index < -0.39 is 11.6 Å². The highest BCUT2D eigenvalue weighted by molar-refractivity contribution is 6.31. The zero-order chi connectivity index (χ0) is 13.2. The number of nitrogens with zero attached hydrogens (tertiary/aromatic N) is 3. The van der Waals surface area contributed by atoms with Gasteiger partial charge in [0, 0.05) is 11.1 Å². The van der Waals surface area contributed by atoms with Crippen LogP contribution < -0.4 is 0 Å². The van der Waals surface area contributed by atoms with Gasteiger partial charge in [0.15, 0.2) is 10.3 Å². The summed E-state index contributed by atoms with van der Waals surface area (Å²) < 4.78 is 0. The summed E-state index contributed by atoms with van der Waals surface area (Å²) in [5, 5.41) is 16.7. The molecule has 7 heteroatoms. The smallest absolute Gasteiger partial charge is 0.408 e. The Kier molecular flexibility index (Phi) is 4.16. The van der Waals surface area contributed by atoms with Crippen LogP contribution in [0, 0.1) is 0 Å². The van der Waals surface area contributed by atoms with E-state index in [1.54, 1.807) is 20.8 Å². The second kappa shape index (κ2) is 5.06. The van der Waals surface area contributed by atoms with Gasteiger partial charge >= 0.3 is 6.09 Å². The van der Waals surface area contributed by atoms with Crippen LogP contribution in [0.2, 0.25) is 10.3 Å². The van der Waals surface area contributed by atoms with Crippen LogP contribution in [0.25, 0.3) is 0 Å². The monoisotopic (exact) mass is 277 g/mol. The zero-order valence-corrected chi connectivity index (χ0v) is 11.2. The van der Waals surface area contributed by atoms with E-state index in [1.165, 1.54) is 11.0 Å². The highest BCUT2D eigenvalue weighted by Gasteiger charge is 2.27. The van der Waals surface area contributed by atoms with E-state index in [1.807, 2.05) is 0 Å². The molecular formula is C10H13Cl2N3O2. The highest BCUT2D eigenvalue weighted by atomic mass is 35.5. The van der Waals surface area contributed by atoms with Gasteiger partial charge in [-0.15, -0.1) is 10.2 Å². The van der Waals surface area contributed by atoms with Gasteiger partial charge in [-0.3, -0.25) is 4.90 Å². The lowest BCUT2D eigenvalue weighted by atomic mass is 10.1. The van der Waals surface area contributed by atoms with E-state index >= 15 is 0 Å². The summed E-state index contributed by atoms with van der Waals surface area (Å²) >= 11 is 11.5. The van der Waals surface area contributed by atoms with Crippen molar-refractivity contribution in [3.05, 3.63) is 21.9 Å². The lowest BCUT2D eigenvalue weighted by molar-refractivity contribution is 0.0955. The molecule has 1 N–H and O–H groups in total. The molecular weight excluding hydrogens is 265 g/mol. The molecule has 0 bridgehead atoms. The molecule has 0 unspecified atom stereocenters. The van der Waals surface area contributed by atoms with Gasteiger partial charge in [0.1, 0.15) is 0 Å². The Morgan fingerprint density at radius 2 is 2.00 bits per heavy atom. The van der Waals surface area contributed by atoms with E-state index in [9.17, 15) is 4.79 Å². The summed E-state index contributed by atoms with van der Waals surface area (Å²) in [6.45, 7) is 5.51. The molecule has 0 aliphatic heterocycles. The van der Waals surface area contributed by atoms with Crippen molar-refractivity contribution in [2.24, 2.45) is 0 Å². The predicted molar refractivity (Wildman–Crippen MR) is 65.4 cm³/mol. The Morgan fingerprint density at radius 1 is 1.41 bits per heavy atom. The summed E-state index contributed by atoms with van der Waals surface area (Å²) in [5.41, 5.74) is -0.00532. The molecule has 1 aromatic heterocycles. The molecule has 0 aliphatic carbocycles. The van der Waals surface area contributed by atoms with Gasteiger partial charge in [-0.25, -0.2) is 4.79 Å². The molecule has 0 saturated heterocycles. The van der Waals surface area contributed by atoms with Crippen molar-refractivity contribution in [3.8, 4) is 0 Å². The molecule has 1 heterocycles. The first kappa shape index (κ1) is 14.0. The minimum Gasteiger partial charge on any atom is -0.465 e. The molecule has 0 spiro atoms. The third-order valence-corrected chi connectivity index (χ3v) is 2.66. The van der Waals surface area contributed by atoms with Gasteiger partial charge in [-0.1, -0.05) is 23.2 Å². The minimum atomic E-state index is -1.03. The fraction of sp³-hybridized carbons (Fsp3) is 0.500. The lowest BCUT2D eigenvalue weighted by Crippen LogP contribution is -2.44. The van der Waals surface area contributed by atoms with E-state index in [0.29, 0.717) is 5.56 Å². The summed E-state index contributed by atoms with van der Waals surface area (Å²) in [7, 11) is 0. The number of hydrogen-bond donors (Lipinski definition) is 1. The lowest BCUT2D eigenvalue weighted by Gasteiger charge is -2.33. The first-order valence-electron chi connectivity index (χ1n) is 4.90. The van der Waals surface area contributed by atoms with Gasteiger partial charge in [0.25, 0.3) is 0 Å². The average molecular weight is 278 g/mol. The number of rotatable bonds is 2. The second-order valence-electron chi connectivity index (χ2n) is 4.52. The van der Waals surface area contributed by atoms with Crippen molar-refractivity contribution in [1.29, 1.82) is 0 Å². The average Bonchev–Trinajstić information content (AvgIpc) is 2.17. The summed E-state index contributed by atoms with van der Waals surface area (Å²) in [6, 6.07) is 1.51. The number of carbonyl (C=O) groups is 1. The predicted octanol–water partition coefficient (Wildman–Crippen LogP) is 3.06. The molecule has 0 atom stereocenters. The standard InChI is InChI=1S/C10H13Cl2N3O2/c1-10(2,3)15(9(16)17)5-6-4-7(11)13-14-8(6)12/h4H,5H2,1-3H3,(H,16,17). The minimum absolute atomic E-state index is 0.118. The molecule has 1 amide bonds. The Balaban J connectivity index is 3.02. The normalized spacial score (nSPS) is 11.4. The highest BCUT2D eigenvalue weighted by Crippen LogP contribution is 2.22. The number of halogens is 2. The van der Waals surface area contributed by atoms with Gasteiger partial charge in [-0.2, -0.15) is 0 Å². The van der Waals surface area contributed by atoms with Gasteiger partial charge in [0.2, 0.25) is 0 Å². The maximum Gasteiger partial charge on any atom is 0.408 e. The molecule has 0 aromatic carbocycles. The van der Waals surface area contributed by atoms with Crippen LogP contribution in [0.4, 0.5) is 4.79 Å². The largest absolute Gasteiger partial charge is 0.465 e. The quantitative estimate of drug-likeness (QED) is 0.902. The Labute approximate surface area is 109 Å². The van der Waals surface area contributed by atoms with Crippen molar-refractivity contribution in [1.82, 2.24) is 15.1 Å². The van der Waals surface area contributed by atoms with Gasteiger partial charge < -0.3 is 5.11 Å². The van der Waals surface area contributed by atoms with Crippen LogP contribution in [0.5, 0.6) is 0 Å². The summed E-state index contributed by atoms with van der Waals surface area (Å²) in [5.74, 6) is 0. The van der Waals surface area contributed by atoms with Crippen LogP contribution in [0.15, 0.2) is 6.07 Å². The van der Waals surface area contributed by atoms with Crippen molar-refractivity contribution in [2.45, 2.75) is 32.9 Å². The van der Waals surface area contributed by atoms with Crippen molar-refractivity contribution >= 4 is 29.3 Å². The fourth-order valence-corrected chi connectivity index (χ4v) is 1.58. The first-order chi connectivity index (χ1) is 7.71.